The number of aromatic nitrogens is 2. The monoisotopic (exact) mass is 389 g/mol. The molecule has 0 atom stereocenters. The van der Waals surface area contributed by atoms with Crippen LogP contribution in [0.25, 0.3) is 11.4 Å². The van der Waals surface area contributed by atoms with E-state index < -0.39 is 22.1 Å². The Balaban J connectivity index is 1.80. The van der Waals surface area contributed by atoms with Crippen LogP contribution in [0.4, 0.5) is 18.9 Å². The molecule has 0 aliphatic heterocycles. The second-order valence-corrected chi connectivity index (χ2v) is 7.79. The third kappa shape index (κ3) is 3.82. The van der Waals surface area contributed by atoms with E-state index in [9.17, 15) is 21.6 Å². The zero-order chi connectivity index (χ0) is 18.2. The van der Waals surface area contributed by atoms with Gasteiger partial charge >= 0.3 is 12.1 Å². The van der Waals surface area contributed by atoms with Crippen LogP contribution in [-0.2, 0) is 16.2 Å². The van der Waals surface area contributed by atoms with E-state index in [0.29, 0.717) is 0 Å². The zero-order valence-corrected chi connectivity index (χ0v) is 14.2. The van der Waals surface area contributed by atoms with Gasteiger partial charge < -0.3 is 4.52 Å². The van der Waals surface area contributed by atoms with Gasteiger partial charge in [0, 0.05) is 21.5 Å². The van der Waals surface area contributed by atoms with Crippen LogP contribution in [0.15, 0.2) is 45.1 Å². The number of nitrogens with one attached hydrogen (secondary N) is 1. The molecule has 0 bridgehead atoms. The van der Waals surface area contributed by atoms with Crippen LogP contribution >= 0.6 is 11.3 Å². The molecule has 1 N–H and O–H groups in total. The van der Waals surface area contributed by atoms with Crippen molar-refractivity contribution < 1.29 is 26.1 Å². The molecule has 0 aliphatic carbocycles. The maximum Gasteiger partial charge on any atom is 0.471 e. The number of anilines is 1. The highest BCUT2D eigenvalue weighted by Gasteiger charge is 2.38. The molecule has 0 fully saturated rings. The fraction of sp³-hybridized carbons (Fsp3) is 0.143. The van der Waals surface area contributed by atoms with Gasteiger partial charge in [-0.25, -0.2) is 8.42 Å². The summed E-state index contributed by atoms with van der Waals surface area (Å²) in [5.74, 6) is -1.68. The number of hydrogen-bond acceptors (Lipinski definition) is 6. The lowest BCUT2D eigenvalue weighted by atomic mass is 10.2. The molecule has 1 aromatic carbocycles. The predicted molar refractivity (Wildman–Crippen MR) is 84.6 cm³/mol. The zero-order valence-electron chi connectivity index (χ0n) is 12.5. The van der Waals surface area contributed by atoms with Gasteiger partial charge in [-0.2, -0.15) is 18.2 Å². The minimum absolute atomic E-state index is 0.145. The van der Waals surface area contributed by atoms with Crippen molar-refractivity contribution in [3.05, 3.63) is 46.5 Å². The van der Waals surface area contributed by atoms with Gasteiger partial charge in [-0.1, -0.05) is 5.16 Å². The lowest BCUT2D eigenvalue weighted by Crippen LogP contribution is -2.11. The Morgan fingerprint density at radius 2 is 1.88 bits per heavy atom. The molecular weight excluding hydrogens is 379 g/mol. The highest BCUT2D eigenvalue weighted by atomic mass is 32.2. The lowest BCUT2D eigenvalue weighted by Gasteiger charge is -2.06. The van der Waals surface area contributed by atoms with Gasteiger partial charge in [0.15, 0.2) is 0 Å². The number of rotatable bonds is 4. The maximum atomic E-state index is 12.5. The summed E-state index contributed by atoms with van der Waals surface area (Å²) < 4.78 is 68.4. The summed E-state index contributed by atoms with van der Waals surface area (Å²) in [6.45, 7) is 1.79. The van der Waals surface area contributed by atoms with Crippen molar-refractivity contribution in [2.24, 2.45) is 0 Å². The fourth-order valence-electron chi connectivity index (χ4n) is 1.92. The Hall–Kier alpha value is -2.40. The van der Waals surface area contributed by atoms with Crippen molar-refractivity contribution in [2.45, 2.75) is 18.0 Å². The first kappa shape index (κ1) is 17.4. The summed E-state index contributed by atoms with van der Waals surface area (Å²) in [6, 6.07) is 7.12. The second kappa shape index (κ2) is 6.15. The van der Waals surface area contributed by atoms with Gasteiger partial charge in [0.2, 0.25) is 5.82 Å². The molecule has 0 saturated heterocycles. The third-order valence-electron chi connectivity index (χ3n) is 3.08. The molecular formula is C14H10F3N3O3S2. The fourth-order valence-corrected chi connectivity index (χ4v) is 4.10. The van der Waals surface area contributed by atoms with Crippen molar-refractivity contribution in [2.75, 3.05) is 4.72 Å². The van der Waals surface area contributed by atoms with Gasteiger partial charge in [0.25, 0.3) is 10.0 Å². The first-order chi connectivity index (χ1) is 11.6. The maximum absolute atomic E-state index is 12.5. The van der Waals surface area contributed by atoms with Crippen molar-refractivity contribution in [1.82, 2.24) is 10.1 Å². The Morgan fingerprint density at radius 1 is 1.20 bits per heavy atom. The van der Waals surface area contributed by atoms with Gasteiger partial charge in [-0.15, -0.1) is 11.3 Å². The Labute approximate surface area is 144 Å². The van der Waals surface area contributed by atoms with E-state index in [0.717, 1.165) is 4.88 Å². The summed E-state index contributed by atoms with van der Waals surface area (Å²) in [5.41, 5.74) is 0.515. The van der Waals surface area contributed by atoms with Crippen LogP contribution in [0.2, 0.25) is 0 Å². The van der Waals surface area contributed by atoms with E-state index in [2.05, 4.69) is 19.4 Å². The van der Waals surface area contributed by atoms with E-state index in [1.165, 1.54) is 41.0 Å². The topological polar surface area (TPSA) is 85.1 Å². The summed E-state index contributed by atoms with van der Waals surface area (Å²) in [5, 5.41) is 4.78. The average molecular weight is 389 g/mol. The molecule has 0 spiro atoms. The SMILES string of the molecule is Cc1cc(S(=O)(=O)Nc2ccc(-c3noc(C(F)(F)F)n3)cc2)cs1. The highest BCUT2D eigenvalue weighted by Crippen LogP contribution is 2.30. The average Bonchev–Trinajstić information content (AvgIpc) is 3.16. The molecule has 2 heterocycles. The number of halogens is 3. The van der Waals surface area contributed by atoms with Crippen LogP contribution in [0, 0.1) is 6.92 Å². The predicted octanol–water partition coefficient (Wildman–Crippen LogP) is 3.93. The van der Waals surface area contributed by atoms with Crippen molar-refractivity contribution in [3.8, 4) is 11.4 Å². The molecule has 132 valence electrons. The van der Waals surface area contributed by atoms with Crippen molar-refractivity contribution in [1.29, 1.82) is 0 Å². The summed E-state index contributed by atoms with van der Waals surface area (Å²) in [7, 11) is -3.72. The molecule has 11 heteroatoms. The minimum Gasteiger partial charge on any atom is -0.329 e. The first-order valence-corrected chi connectivity index (χ1v) is 9.11. The molecule has 0 saturated carbocycles. The largest absolute Gasteiger partial charge is 0.471 e. The quantitative estimate of drug-likeness (QED) is 0.731. The molecule has 2 aromatic heterocycles. The summed E-state index contributed by atoms with van der Waals surface area (Å²) in [4.78, 5) is 4.27. The molecule has 3 rings (SSSR count). The van der Waals surface area contributed by atoms with Crippen molar-refractivity contribution >= 4 is 27.0 Å². The van der Waals surface area contributed by atoms with Crippen LogP contribution < -0.4 is 4.72 Å². The first-order valence-electron chi connectivity index (χ1n) is 6.74. The molecule has 0 radical (unpaired) electrons. The number of sulfonamides is 1. The number of nitrogens with zero attached hydrogens (tertiary/aromatic N) is 2. The molecule has 25 heavy (non-hydrogen) atoms. The number of aryl methyl sites for hydroxylation is 1. The van der Waals surface area contributed by atoms with Gasteiger partial charge in [0.05, 0.1) is 4.90 Å². The van der Waals surface area contributed by atoms with Crippen LogP contribution in [0.1, 0.15) is 10.8 Å². The number of benzene rings is 1. The van der Waals surface area contributed by atoms with E-state index >= 15 is 0 Å². The smallest absolute Gasteiger partial charge is 0.329 e. The Morgan fingerprint density at radius 3 is 2.40 bits per heavy atom. The minimum atomic E-state index is -4.72. The lowest BCUT2D eigenvalue weighted by molar-refractivity contribution is -0.159. The standard InChI is InChI=1S/C14H10F3N3O3S2/c1-8-6-11(7-24-8)25(21,22)20-10-4-2-9(3-5-10)12-18-13(23-19-12)14(15,16)17/h2-7,20H,1H3. The molecule has 6 nitrogen and oxygen atoms in total. The normalized spacial score (nSPS) is 12.3. The Kier molecular flexibility index (Phi) is 4.29. The second-order valence-electron chi connectivity index (χ2n) is 5.00. The van der Waals surface area contributed by atoms with Crippen LogP contribution in [0.5, 0.6) is 0 Å². The third-order valence-corrected chi connectivity index (χ3v) is 5.45. The molecule has 0 unspecified atom stereocenters. The summed E-state index contributed by atoms with van der Waals surface area (Å²) >= 11 is 1.31. The summed E-state index contributed by atoms with van der Waals surface area (Å²) in [6.07, 6.45) is -4.72. The van der Waals surface area contributed by atoms with Crippen LogP contribution in [-0.4, -0.2) is 18.6 Å². The highest BCUT2D eigenvalue weighted by molar-refractivity contribution is 7.92. The number of thiophene rings is 1. The van der Waals surface area contributed by atoms with Gasteiger partial charge in [-0.05, 0) is 37.3 Å². The van der Waals surface area contributed by atoms with Crippen LogP contribution in [0.3, 0.4) is 0 Å². The van der Waals surface area contributed by atoms with E-state index in [1.807, 2.05) is 0 Å². The molecule has 0 amide bonds. The van der Waals surface area contributed by atoms with E-state index in [1.54, 1.807) is 13.0 Å². The van der Waals surface area contributed by atoms with E-state index in [4.69, 9.17) is 0 Å². The Bertz CT molecular complexity index is 992. The molecule has 3 aromatic rings. The van der Waals surface area contributed by atoms with Gasteiger partial charge in [0.1, 0.15) is 0 Å². The van der Waals surface area contributed by atoms with Crippen molar-refractivity contribution in [3.63, 3.8) is 0 Å². The number of alkyl halides is 3. The van der Waals surface area contributed by atoms with E-state index in [-0.39, 0.29) is 22.0 Å². The number of hydrogen-bond donors (Lipinski definition) is 1. The molecule has 0 aliphatic rings. The van der Waals surface area contributed by atoms with Gasteiger partial charge in [-0.3, -0.25) is 4.72 Å².